The second kappa shape index (κ2) is 9.98. The minimum absolute atomic E-state index is 0.00671. The molecule has 1 aromatic rings. The highest BCUT2D eigenvalue weighted by atomic mass is 28.4. The van der Waals surface area contributed by atoms with E-state index in [1.54, 1.807) is 24.1 Å². The Balaban J connectivity index is 1.88. The van der Waals surface area contributed by atoms with Crippen molar-refractivity contribution < 1.29 is 28.6 Å². The van der Waals surface area contributed by atoms with E-state index in [1.807, 2.05) is 0 Å². The molecule has 2 heterocycles. The van der Waals surface area contributed by atoms with Crippen molar-refractivity contribution in [1.82, 2.24) is 4.90 Å². The Morgan fingerprint density at radius 2 is 1.78 bits per heavy atom. The van der Waals surface area contributed by atoms with Crippen LogP contribution in [-0.4, -0.2) is 62.9 Å². The Morgan fingerprint density at radius 1 is 1.16 bits per heavy atom. The highest BCUT2D eigenvalue weighted by Gasteiger charge is 2.58. The quantitative estimate of drug-likeness (QED) is 0.342. The van der Waals surface area contributed by atoms with E-state index < -0.39 is 26.7 Å². The van der Waals surface area contributed by atoms with Gasteiger partial charge in [-0.25, -0.2) is 9.69 Å². The number of hydrogen-bond acceptors (Lipinski definition) is 6. The van der Waals surface area contributed by atoms with Crippen molar-refractivity contribution >= 4 is 26.0 Å². The molecule has 4 rings (SSSR count). The third-order valence-corrected chi connectivity index (χ3v) is 14.6. The van der Waals surface area contributed by atoms with E-state index in [4.69, 9.17) is 13.9 Å². The van der Waals surface area contributed by atoms with Gasteiger partial charge >= 0.3 is 6.09 Å². The normalized spacial score (nSPS) is 22.3. The van der Waals surface area contributed by atoms with Crippen molar-refractivity contribution in [1.29, 1.82) is 0 Å². The Kier molecular flexibility index (Phi) is 7.42. The second-order valence-corrected chi connectivity index (χ2v) is 17.2. The number of aliphatic hydroxyl groups excluding tert-OH is 1. The summed E-state index contributed by atoms with van der Waals surface area (Å²) in [5.74, 6) is 0.705. The summed E-state index contributed by atoms with van der Waals surface area (Å²) in [7, 11) is -0.840. The fourth-order valence-corrected chi connectivity index (χ4v) is 12.0. The summed E-state index contributed by atoms with van der Waals surface area (Å²) in [6, 6.07) is 2.84. The van der Waals surface area contributed by atoms with Crippen LogP contribution in [0.3, 0.4) is 0 Å². The van der Waals surface area contributed by atoms with Crippen molar-refractivity contribution in [3.05, 3.63) is 30.4 Å². The number of ether oxygens (including phenoxy) is 2. The number of nitrogens with zero attached hydrogens (tertiary/aromatic N) is 2. The van der Waals surface area contributed by atoms with E-state index in [1.165, 1.54) is 11.0 Å². The molecule has 0 unspecified atom stereocenters. The standard InChI is InChI=1S/C28H42N2O6Si/c1-9-12-35-27(33)30-21-14-24(36-37(17(2)3,18(4)5)19(6)7)23(34-8)13-20(21)25(31)29-16-28(10-11-28)15-22(29)26(30)32/h9,13-14,17-19,22,26,32H,1,10-12,15-16H2,2-8H3/t22-,26-/m0/s1. The molecular formula is C28H42N2O6Si. The van der Waals surface area contributed by atoms with Gasteiger partial charge in [0, 0.05) is 12.6 Å². The fraction of sp³-hybridized carbons (Fsp3) is 0.643. The minimum atomic E-state index is -2.40. The second-order valence-electron chi connectivity index (χ2n) is 11.8. The Morgan fingerprint density at radius 3 is 2.30 bits per heavy atom. The van der Waals surface area contributed by atoms with Crippen molar-refractivity contribution in [2.24, 2.45) is 5.41 Å². The topological polar surface area (TPSA) is 88.5 Å². The van der Waals surface area contributed by atoms with E-state index in [-0.39, 0.29) is 23.6 Å². The van der Waals surface area contributed by atoms with Gasteiger partial charge in [-0.05, 0) is 47.4 Å². The van der Waals surface area contributed by atoms with Crippen LogP contribution in [-0.2, 0) is 4.74 Å². The molecule has 1 saturated heterocycles. The zero-order chi connectivity index (χ0) is 27.3. The van der Waals surface area contributed by atoms with Gasteiger partial charge < -0.3 is 23.9 Å². The molecule has 1 aromatic carbocycles. The molecular weight excluding hydrogens is 488 g/mol. The van der Waals surface area contributed by atoms with Gasteiger partial charge in [0.05, 0.1) is 24.4 Å². The maximum Gasteiger partial charge on any atom is 0.416 e. The van der Waals surface area contributed by atoms with E-state index in [0.29, 0.717) is 46.7 Å². The Bertz CT molecular complexity index is 1050. The molecule has 2 aliphatic heterocycles. The third kappa shape index (κ3) is 4.54. The first-order chi connectivity index (χ1) is 17.4. The summed E-state index contributed by atoms with van der Waals surface area (Å²) in [6.07, 6.45) is 2.21. The van der Waals surface area contributed by atoms with Gasteiger partial charge in [-0.3, -0.25) is 4.79 Å². The smallest absolute Gasteiger partial charge is 0.416 e. The lowest BCUT2D eigenvalue weighted by Gasteiger charge is -2.42. The van der Waals surface area contributed by atoms with Gasteiger partial charge in [0.25, 0.3) is 14.2 Å². The van der Waals surface area contributed by atoms with E-state index >= 15 is 0 Å². The molecule has 0 aromatic heterocycles. The van der Waals surface area contributed by atoms with Gasteiger partial charge in [-0.15, -0.1) is 0 Å². The maximum atomic E-state index is 13.9. The molecule has 1 aliphatic carbocycles. The number of methoxy groups -OCH3 is 1. The molecule has 2 amide bonds. The van der Waals surface area contributed by atoms with E-state index in [0.717, 1.165) is 12.8 Å². The lowest BCUT2D eigenvalue weighted by atomic mass is 10.0. The number of amides is 2. The minimum Gasteiger partial charge on any atom is -0.540 e. The van der Waals surface area contributed by atoms with Crippen molar-refractivity contribution in [2.45, 2.75) is 89.7 Å². The van der Waals surface area contributed by atoms with Crippen LogP contribution in [0.25, 0.3) is 0 Å². The predicted octanol–water partition coefficient (Wildman–Crippen LogP) is 5.71. The first kappa shape index (κ1) is 27.5. The number of rotatable bonds is 8. The first-order valence-corrected chi connectivity index (χ1v) is 15.5. The number of carbonyl (C=O) groups is 2. The van der Waals surface area contributed by atoms with Crippen LogP contribution >= 0.6 is 0 Å². The summed E-state index contributed by atoms with van der Waals surface area (Å²) in [5, 5.41) is 11.6. The maximum absolute atomic E-state index is 13.9. The summed E-state index contributed by atoms with van der Waals surface area (Å²) >= 11 is 0. The average molecular weight is 531 g/mol. The molecule has 204 valence electrons. The number of anilines is 1. The predicted molar refractivity (Wildman–Crippen MR) is 146 cm³/mol. The summed E-state index contributed by atoms with van der Waals surface area (Å²) in [6.45, 7) is 17.3. The molecule has 8 nitrogen and oxygen atoms in total. The van der Waals surface area contributed by atoms with Gasteiger partial charge in [0.1, 0.15) is 12.4 Å². The van der Waals surface area contributed by atoms with Crippen LogP contribution in [0.15, 0.2) is 24.8 Å². The van der Waals surface area contributed by atoms with Crippen LogP contribution in [0, 0.1) is 5.41 Å². The number of carbonyl (C=O) groups excluding carboxylic acids is 2. The molecule has 1 saturated carbocycles. The summed E-state index contributed by atoms with van der Waals surface area (Å²) in [5.41, 5.74) is 1.52. The largest absolute Gasteiger partial charge is 0.540 e. The Labute approximate surface area is 221 Å². The molecule has 0 radical (unpaired) electrons. The molecule has 1 N–H and O–H groups in total. The average Bonchev–Trinajstić information content (AvgIpc) is 3.50. The monoisotopic (exact) mass is 530 g/mol. The van der Waals surface area contributed by atoms with Gasteiger partial charge in [0.15, 0.2) is 12.0 Å². The SMILES string of the molecule is C=CCOC(=O)N1c2cc(O[Si](C(C)C)(C(C)C)C(C)C)c(OC)cc2C(=O)N2CC3(CC3)C[C@H]2[C@@H]1O. The van der Waals surface area contributed by atoms with Gasteiger partial charge in [-0.2, -0.15) is 0 Å². The van der Waals surface area contributed by atoms with Crippen LogP contribution in [0.5, 0.6) is 11.5 Å². The van der Waals surface area contributed by atoms with Crippen LogP contribution in [0.1, 0.15) is 71.2 Å². The van der Waals surface area contributed by atoms with E-state index in [9.17, 15) is 14.7 Å². The molecule has 2 atom stereocenters. The molecule has 2 fully saturated rings. The molecule has 37 heavy (non-hydrogen) atoms. The lowest BCUT2D eigenvalue weighted by Crippen LogP contribution is -2.51. The van der Waals surface area contributed by atoms with Crippen LogP contribution < -0.4 is 14.1 Å². The molecule has 1 spiro atoms. The lowest BCUT2D eigenvalue weighted by molar-refractivity contribution is 0.0496. The van der Waals surface area contributed by atoms with Crippen molar-refractivity contribution in [2.75, 3.05) is 25.2 Å². The Hall–Kier alpha value is -2.52. The number of hydrogen-bond donors (Lipinski definition) is 1. The van der Waals surface area contributed by atoms with Crippen LogP contribution in [0.4, 0.5) is 10.5 Å². The first-order valence-electron chi connectivity index (χ1n) is 13.4. The number of fused-ring (bicyclic) bond motifs is 2. The highest BCUT2D eigenvalue weighted by Crippen LogP contribution is 2.57. The highest BCUT2D eigenvalue weighted by molar-refractivity contribution is 6.78. The summed E-state index contributed by atoms with van der Waals surface area (Å²) in [4.78, 5) is 30.2. The zero-order valence-corrected chi connectivity index (χ0v) is 24.2. The molecule has 0 bridgehead atoms. The third-order valence-electron chi connectivity index (χ3n) is 8.66. The zero-order valence-electron chi connectivity index (χ0n) is 23.2. The van der Waals surface area contributed by atoms with Crippen molar-refractivity contribution in [3.8, 4) is 11.5 Å². The number of aliphatic hydroxyl groups is 1. The van der Waals surface area contributed by atoms with Gasteiger partial charge in [-0.1, -0.05) is 54.2 Å². The number of benzene rings is 1. The molecule has 3 aliphatic rings. The van der Waals surface area contributed by atoms with Gasteiger partial charge in [0.2, 0.25) is 0 Å². The van der Waals surface area contributed by atoms with Crippen LogP contribution in [0.2, 0.25) is 16.6 Å². The fourth-order valence-electron chi connectivity index (χ4n) is 6.70. The summed E-state index contributed by atoms with van der Waals surface area (Å²) < 4.78 is 18.1. The molecule has 9 heteroatoms. The van der Waals surface area contributed by atoms with E-state index in [2.05, 4.69) is 48.1 Å². The van der Waals surface area contributed by atoms with Crippen molar-refractivity contribution in [3.63, 3.8) is 0 Å².